The molecule has 0 bridgehead atoms. The van der Waals surface area contributed by atoms with Gasteiger partial charge in [0.2, 0.25) is 0 Å². The third-order valence-electron chi connectivity index (χ3n) is 1.30. The number of hydrogen-bond acceptors (Lipinski definition) is 3. The molecule has 0 aromatic carbocycles. The van der Waals surface area contributed by atoms with Crippen LogP contribution in [0.5, 0.6) is 0 Å². The number of halogens is 4. The van der Waals surface area contributed by atoms with Crippen LogP contribution in [0.2, 0.25) is 0 Å². The van der Waals surface area contributed by atoms with Crippen LogP contribution in [0.3, 0.4) is 0 Å². The van der Waals surface area contributed by atoms with Gasteiger partial charge < -0.3 is 15.7 Å². The van der Waals surface area contributed by atoms with Gasteiger partial charge in [-0.05, 0) is 0 Å². The first-order chi connectivity index (χ1) is 5.93. The molecule has 0 spiro atoms. The summed E-state index contributed by atoms with van der Waals surface area (Å²) in [6.45, 7) is -1.14. The number of carbonyl (C=O) groups is 1. The molecule has 3 N–H and O–H groups in total. The van der Waals surface area contributed by atoms with E-state index in [1.165, 1.54) is 0 Å². The molecule has 0 fully saturated rings. The second-order valence-electron chi connectivity index (χ2n) is 2.30. The molecular weight excluding hydrogens is 225 g/mol. The van der Waals surface area contributed by atoms with E-state index in [0.29, 0.717) is 4.90 Å². The molecule has 0 saturated carbocycles. The smallest absolute Gasteiger partial charge is 0.395 e. The molecule has 0 aliphatic rings. The van der Waals surface area contributed by atoms with Gasteiger partial charge in [0.25, 0.3) is 0 Å². The predicted octanol–water partition coefficient (Wildman–Crippen LogP) is -0.250. The number of rotatable bonds is 4. The van der Waals surface area contributed by atoms with Crippen molar-refractivity contribution in [3.8, 4) is 0 Å². The van der Waals surface area contributed by atoms with Crippen molar-refractivity contribution in [3.63, 3.8) is 0 Å². The molecule has 14 heavy (non-hydrogen) atoms. The maximum atomic E-state index is 11.8. The lowest BCUT2D eigenvalue weighted by Crippen LogP contribution is -2.44. The average Bonchev–Trinajstić information content (AvgIpc) is 2.01. The maximum absolute atomic E-state index is 11.8. The average molecular weight is 237 g/mol. The fourth-order valence-corrected chi connectivity index (χ4v) is 0.771. The number of nitrogens with zero attached hydrogens (tertiary/aromatic N) is 1. The number of hydrogen-bond donors (Lipinski definition) is 2. The standard InChI is InChI=1S/C6H11F3N2O2.ClH/c7-6(8,9)5(13)11(2-1-10)3-4-12;/h12H,1-4,10H2;1H. The Morgan fingerprint density at radius 1 is 1.36 bits per heavy atom. The van der Waals surface area contributed by atoms with Gasteiger partial charge in [-0.2, -0.15) is 13.2 Å². The first kappa shape index (κ1) is 15.9. The minimum absolute atomic E-state index is 0. The summed E-state index contributed by atoms with van der Waals surface area (Å²) in [6, 6.07) is 0. The third-order valence-corrected chi connectivity index (χ3v) is 1.30. The summed E-state index contributed by atoms with van der Waals surface area (Å²) < 4.78 is 35.5. The molecule has 0 atom stereocenters. The summed E-state index contributed by atoms with van der Waals surface area (Å²) in [5, 5.41) is 8.38. The number of aliphatic hydroxyl groups excluding tert-OH is 1. The lowest BCUT2D eigenvalue weighted by Gasteiger charge is -2.21. The lowest BCUT2D eigenvalue weighted by molar-refractivity contribution is -0.185. The van der Waals surface area contributed by atoms with Crippen molar-refractivity contribution in [1.82, 2.24) is 4.90 Å². The lowest BCUT2D eigenvalue weighted by atomic mass is 10.4. The van der Waals surface area contributed by atoms with Gasteiger partial charge in [-0.1, -0.05) is 0 Å². The fraction of sp³-hybridized carbons (Fsp3) is 0.833. The van der Waals surface area contributed by atoms with Gasteiger partial charge in [0.05, 0.1) is 6.61 Å². The van der Waals surface area contributed by atoms with E-state index in [9.17, 15) is 18.0 Å². The topological polar surface area (TPSA) is 66.6 Å². The zero-order valence-electron chi connectivity index (χ0n) is 7.25. The molecule has 0 radical (unpaired) electrons. The Balaban J connectivity index is 0. The monoisotopic (exact) mass is 236 g/mol. The normalized spacial score (nSPS) is 10.6. The Kier molecular flexibility index (Phi) is 7.80. The van der Waals surface area contributed by atoms with Crippen molar-refractivity contribution >= 4 is 18.3 Å². The maximum Gasteiger partial charge on any atom is 0.471 e. The Morgan fingerprint density at radius 2 is 1.86 bits per heavy atom. The van der Waals surface area contributed by atoms with E-state index in [1.54, 1.807) is 0 Å². The van der Waals surface area contributed by atoms with Crippen LogP contribution >= 0.6 is 12.4 Å². The van der Waals surface area contributed by atoms with Crippen LogP contribution in [0.15, 0.2) is 0 Å². The molecule has 1 amide bonds. The minimum atomic E-state index is -4.90. The predicted molar refractivity (Wildman–Crippen MR) is 46.0 cm³/mol. The van der Waals surface area contributed by atoms with Crippen LogP contribution in [0.1, 0.15) is 0 Å². The fourth-order valence-electron chi connectivity index (χ4n) is 0.771. The summed E-state index contributed by atoms with van der Waals surface area (Å²) in [7, 11) is 0. The van der Waals surface area contributed by atoms with Crippen LogP contribution in [0.4, 0.5) is 13.2 Å². The molecule has 0 aliphatic heterocycles. The van der Waals surface area contributed by atoms with Gasteiger partial charge in [0.15, 0.2) is 0 Å². The summed E-state index contributed by atoms with van der Waals surface area (Å²) in [5.41, 5.74) is 5.00. The van der Waals surface area contributed by atoms with E-state index < -0.39 is 18.7 Å². The van der Waals surface area contributed by atoms with Gasteiger partial charge >= 0.3 is 12.1 Å². The SMILES string of the molecule is Cl.NCCN(CCO)C(=O)C(F)(F)F. The number of aliphatic hydroxyl groups is 1. The molecule has 0 heterocycles. The highest BCUT2D eigenvalue weighted by atomic mass is 35.5. The van der Waals surface area contributed by atoms with E-state index in [4.69, 9.17) is 10.8 Å². The quantitative estimate of drug-likeness (QED) is 0.708. The second-order valence-corrected chi connectivity index (χ2v) is 2.30. The van der Waals surface area contributed by atoms with Gasteiger partial charge in [0.1, 0.15) is 0 Å². The van der Waals surface area contributed by atoms with Crippen LogP contribution < -0.4 is 5.73 Å². The van der Waals surface area contributed by atoms with Crippen molar-refractivity contribution in [3.05, 3.63) is 0 Å². The zero-order chi connectivity index (χ0) is 10.5. The number of amides is 1. The molecule has 0 aromatic heterocycles. The molecule has 86 valence electrons. The first-order valence-corrected chi connectivity index (χ1v) is 3.60. The molecule has 0 aliphatic carbocycles. The molecule has 0 unspecified atom stereocenters. The number of carbonyl (C=O) groups excluding carboxylic acids is 1. The van der Waals surface area contributed by atoms with Gasteiger partial charge in [-0.15, -0.1) is 12.4 Å². The highest BCUT2D eigenvalue weighted by Crippen LogP contribution is 2.17. The number of nitrogens with two attached hydrogens (primary N) is 1. The van der Waals surface area contributed by atoms with E-state index in [1.807, 2.05) is 0 Å². The Labute approximate surface area is 85.3 Å². The van der Waals surface area contributed by atoms with Crippen LogP contribution in [-0.2, 0) is 4.79 Å². The van der Waals surface area contributed by atoms with Crippen molar-refractivity contribution in [2.45, 2.75) is 6.18 Å². The molecule has 0 aromatic rings. The highest BCUT2D eigenvalue weighted by molar-refractivity contribution is 5.85. The summed E-state index contributed by atoms with van der Waals surface area (Å²) >= 11 is 0. The summed E-state index contributed by atoms with van der Waals surface area (Å²) in [5.74, 6) is -1.97. The Morgan fingerprint density at radius 3 is 2.14 bits per heavy atom. The first-order valence-electron chi connectivity index (χ1n) is 3.60. The van der Waals surface area contributed by atoms with Crippen LogP contribution in [0.25, 0.3) is 0 Å². The molecular formula is C6H12ClF3N2O2. The molecule has 4 nitrogen and oxygen atoms in total. The van der Waals surface area contributed by atoms with Crippen molar-refractivity contribution < 1.29 is 23.1 Å². The van der Waals surface area contributed by atoms with Gasteiger partial charge in [-0.25, -0.2) is 0 Å². The van der Waals surface area contributed by atoms with E-state index in [-0.39, 0.29) is 32.0 Å². The second kappa shape index (κ2) is 6.86. The van der Waals surface area contributed by atoms with E-state index in [0.717, 1.165) is 0 Å². The minimum Gasteiger partial charge on any atom is -0.395 e. The van der Waals surface area contributed by atoms with Gasteiger partial charge in [-0.3, -0.25) is 4.79 Å². The Bertz CT molecular complexity index is 171. The largest absolute Gasteiger partial charge is 0.471 e. The summed E-state index contributed by atoms with van der Waals surface area (Å²) in [6.07, 6.45) is -4.90. The van der Waals surface area contributed by atoms with E-state index >= 15 is 0 Å². The molecule has 0 saturated heterocycles. The Hall–Kier alpha value is -0.530. The van der Waals surface area contributed by atoms with Crippen molar-refractivity contribution in [1.29, 1.82) is 0 Å². The third kappa shape index (κ3) is 5.25. The van der Waals surface area contributed by atoms with Crippen molar-refractivity contribution in [2.24, 2.45) is 5.73 Å². The highest BCUT2D eigenvalue weighted by Gasteiger charge is 2.41. The van der Waals surface area contributed by atoms with Crippen LogP contribution in [0, 0.1) is 0 Å². The molecule has 0 rings (SSSR count). The molecule has 8 heteroatoms. The van der Waals surface area contributed by atoms with Crippen LogP contribution in [-0.4, -0.2) is 48.3 Å². The van der Waals surface area contributed by atoms with E-state index in [2.05, 4.69) is 0 Å². The number of alkyl halides is 3. The van der Waals surface area contributed by atoms with Crippen molar-refractivity contribution in [2.75, 3.05) is 26.2 Å². The van der Waals surface area contributed by atoms with Gasteiger partial charge in [0, 0.05) is 19.6 Å². The zero-order valence-corrected chi connectivity index (χ0v) is 8.07. The summed E-state index contributed by atoms with van der Waals surface area (Å²) in [4.78, 5) is 11.1.